The highest BCUT2D eigenvalue weighted by Gasteiger charge is 2.09. The second-order valence-electron chi connectivity index (χ2n) is 5.75. The summed E-state index contributed by atoms with van der Waals surface area (Å²) >= 11 is 0. The van der Waals surface area contributed by atoms with Gasteiger partial charge in [-0.2, -0.15) is 0 Å². The van der Waals surface area contributed by atoms with E-state index in [1.807, 2.05) is 24.3 Å². The lowest BCUT2D eigenvalue weighted by molar-refractivity contribution is 0.867. The Morgan fingerprint density at radius 1 is 0.917 bits per heavy atom. The van der Waals surface area contributed by atoms with Gasteiger partial charge in [0, 0.05) is 11.9 Å². The van der Waals surface area contributed by atoms with Gasteiger partial charge in [-0.05, 0) is 35.7 Å². The molecule has 6 heteroatoms. The summed E-state index contributed by atoms with van der Waals surface area (Å²) in [4.78, 5) is 12.5. The zero-order valence-corrected chi connectivity index (χ0v) is 13.7. The summed E-state index contributed by atoms with van der Waals surface area (Å²) in [6.07, 6.45) is 4.89. The van der Waals surface area contributed by atoms with Crippen molar-refractivity contribution in [1.29, 1.82) is 0 Å². The van der Waals surface area contributed by atoms with Gasteiger partial charge in [-0.3, -0.25) is 4.98 Å². The van der Waals surface area contributed by atoms with Crippen molar-refractivity contribution in [2.75, 3.05) is 16.4 Å². The molecule has 3 aromatic rings. The number of anilines is 5. The van der Waals surface area contributed by atoms with E-state index in [1.165, 1.54) is 11.9 Å². The van der Waals surface area contributed by atoms with E-state index in [1.54, 1.807) is 12.4 Å². The molecule has 0 aliphatic heterocycles. The van der Waals surface area contributed by atoms with E-state index >= 15 is 0 Å². The van der Waals surface area contributed by atoms with Gasteiger partial charge in [0.05, 0.1) is 11.9 Å². The van der Waals surface area contributed by atoms with Crippen molar-refractivity contribution < 1.29 is 0 Å². The number of benzene rings is 1. The van der Waals surface area contributed by atoms with Gasteiger partial charge in [0.15, 0.2) is 11.6 Å². The normalized spacial score (nSPS) is 10.6. The maximum Gasteiger partial charge on any atom is 0.159 e. The number of hydrogen-bond donors (Lipinski definition) is 3. The van der Waals surface area contributed by atoms with Crippen molar-refractivity contribution in [3.05, 3.63) is 60.7 Å². The van der Waals surface area contributed by atoms with Crippen molar-refractivity contribution in [2.24, 2.45) is 0 Å². The number of hydrogen-bond acceptors (Lipinski definition) is 6. The first-order valence-corrected chi connectivity index (χ1v) is 7.78. The highest BCUT2D eigenvalue weighted by Crippen LogP contribution is 2.28. The number of nitrogens with two attached hydrogens (primary N) is 1. The lowest BCUT2D eigenvalue weighted by atomic mass is 10.0. The molecular formula is C18H20N6. The molecule has 0 atom stereocenters. The molecular weight excluding hydrogens is 300 g/mol. The van der Waals surface area contributed by atoms with Crippen LogP contribution in [0.25, 0.3) is 0 Å². The van der Waals surface area contributed by atoms with Gasteiger partial charge in [0.25, 0.3) is 0 Å². The standard InChI is InChI=1S/C18H20N6/c1-12(2)13-5-7-14(8-6-13)23-17-16(19)18(22-11-21-17)24-15-4-3-9-20-10-15/h3-12H,19H2,1-2H3,(H2,21,22,23,24). The smallest absolute Gasteiger partial charge is 0.159 e. The molecule has 0 fully saturated rings. The quantitative estimate of drug-likeness (QED) is 0.657. The molecule has 0 bridgehead atoms. The summed E-state index contributed by atoms with van der Waals surface area (Å²) in [6, 6.07) is 12.0. The molecule has 4 N–H and O–H groups in total. The van der Waals surface area contributed by atoms with Crippen molar-refractivity contribution in [1.82, 2.24) is 15.0 Å². The Labute approximate surface area is 141 Å². The topological polar surface area (TPSA) is 88.8 Å². The molecule has 0 saturated carbocycles. The molecule has 122 valence electrons. The summed E-state index contributed by atoms with van der Waals surface area (Å²) < 4.78 is 0. The van der Waals surface area contributed by atoms with Gasteiger partial charge >= 0.3 is 0 Å². The Morgan fingerprint density at radius 2 is 1.58 bits per heavy atom. The molecule has 0 aliphatic rings. The fourth-order valence-electron chi connectivity index (χ4n) is 2.26. The van der Waals surface area contributed by atoms with Gasteiger partial charge in [-0.25, -0.2) is 9.97 Å². The number of nitrogen functional groups attached to an aromatic ring is 1. The van der Waals surface area contributed by atoms with Crippen LogP contribution in [0.1, 0.15) is 25.3 Å². The molecule has 0 radical (unpaired) electrons. The van der Waals surface area contributed by atoms with Crippen LogP contribution in [0.5, 0.6) is 0 Å². The van der Waals surface area contributed by atoms with E-state index < -0.39 is 0 Å². The van der Waals surface area contributed by atoms with Crippen LogP contribution >= 0.6 is 0 Å². The maximum absolute atomic E-state index is 6.19. The van der Waals surface area contributed by atoms with E-state index in [9.17, 15) is 0 Å². The molecule has 0 amide bonds. The molecule has 0 saturated heterocycles. The molecule has 0 spiro atoms. The van der Waals surface area contributed by atoms with E-state index in [0.717, 1.165) is 11.4 Å². The van der Waals surface area contributed by atoms with Gasteiger partial charge < -0.3 is 16.4 Å². The molecule has 24 heavy (non-hydrogen) atoms. The summed E-state index contributed by atoms with van der Waals surface area (Å²) in [5.41, 5.74) is 9.67. The van der Waals surface area contributed by atoms with E-state index in [0.29, 0.717) is 23.2 Å². The van der Waals surface area contributed by atoms with Crippen LogP contribution in [0.4, 0.5) is 28.7 Å². The lowest BCUT2D eigenvalue weighted by Crippen LogP contribution is -2.05. The van der Waals surface area contributed by atoms with Crippen LogP contribution < -0.4 is 16.4 Å². The average Bonchev–Trinajstić information content (AvgIpc) is 2.60. The first-order valence-electron chi connectivity index (χ1n) is 7.78. The minimum absolute atomic E-state index is 0.453. The maximum atomic E-state index is 6.19. The fourth-order valence-corrected chi connectivity index (χ4v) is 2.26. The average molecular weight is 320 g/mol. The zero-order chi connectivity index (χ0) is 16.9. The molecule has 3 rings (SSSR count). The number of pyridine rings is 1. The van der Waals surface area contributed by atoms with Crippen LogP contribution in [0.2, 0.25) is 0 Å². The number of aromatic nitrogens is 3. The van der Waals surface area contributed by atoms with Gasteiger partial charge in [-0.1, -0.05) is 26.0 Å². The third kappa shape index (κ3) is 3.60. The van der Waals surface area contributed by atoms with Crippen molar-refractivity contribution in [3.8, 4) is 0 Å². The van der Waals surface area contributed by atoms with Gasteiger partial charge in [0.2, 0.25) is 0 Å². The van der Waals surface area contributed by atoms with Crippen molar-refractivity contribution in [2.45, 2.75) is 19.8 Å². The first-order chi connectivity index (χ1) is 11.6. The highest BCUT2D eigenvalue weighted by atomic mass is 15.1. The summed E-state index contributed by atoms with van der Waals surface area (Å²) in [5, 5.41) is 6.38. The lowest BCUT2D eigenvalue weighted by Gasteiger charge is -2.13. The first kappa shape index (κ1) is 15.7. The third-order valence-corrected chi connectivity index (χ3v) is 3.65. The number of rotatable bonds is 5. The molecule has 0 unspecified atom stereocenters. The number of nitrogens with one attached hydrogen (secondary N) is 2. The minimum atomic E-state index is 0.453. The fraction of sp³-hybridized carbons (Fsp3) is 0.167. The number of nitrogens with zero attached hydrogens (tertiary/aromatic N) is 3. The van der Waals surface area contributed by atoms with E-state index in [2.05, 4.69) is 51.6 Å². The predicted octanol–water partition coefficient (Wildman–Crippen LogP) is 4.06. The highest BCUT2D eigenvalue weighted by molar-refractivity contribution is 5.80. The largest absolute Gasteiger partial charge is 0.393 e. The predicted molar refractivity (Wildman–Crippen MR) is 97.8 cm³/mol. The Balaban J connectivity index is 1.80. The third-order valence-electron chi connectivity index (χ3n) is 3.65. The molecule has 1 aromatic carbocycles. The molecule has 0 aliphatic carbocycles. The zero-order valence-electron chi connectivity index (χ0n) is 13.7. The summed E-state index contributed by atoms with van der Waals surface area (Å²) in [7, 11) is 0. The molecule has 2 heterocycles. The Hall–Kier alpha value is -3.15. The Kier molecular flexibility index (Phi) is 4.56. The van der Waals surface area contributed by atoms with Crippen LogP contribution in [-0.2, 0) is 0 Å². The van der Waals surface area contributed by atoms with Crippen LogP contribution in [0, 0.1) is 0 Å². The monoisotopic (exact) mass is 320 g/mol. The Morgan fingerprint density at radius 3 is 2.17 bits per heavy atom. The van der Waals surface area contributed by atoms with Crippen molar-refractivity contribution in [3.63, 3.8) is 0 Å². The van der Waals surface area contributed by atoms with E-state index in [-0.39, 0.29) is 0 Å². The van der Waals surface area contributed by atoms with Crippen LogP contribution in [0.15, 0.2) is 55.1 Å². The second-order valence-corrected chi connectivity index (χ2v) is 5.75. The SMILES string of the molecule is CC(C)c1ccc(Nc2ncnc(Nc3cccnc3)c2N)cc1. The van der Waals surface area contributed by atoms with Crippen LogP contribution in [-0.4, -0.2) is 15.0 Å². The van der Waals surface area contributed by atoms with Gasteiger partial charge in [-0.15, -0.1) is 0 Å². The van der Waals surface area contributed by atoms with Crippen molar-refractivity contribution >= 4 is 28.7 Å². The molecule has 6 nitrogen and oxygen atoms in total. The van der Waals surface area contributed by atoms with Crippen LogP contribution in [0.3, 0.4) is 0 Å². The molecule has 2 aromatic heterocycles. The van der Waals surface area contributed by atoms with Gasteiger partial charge in [0.1, 0.15) is 12.0 Å². The second kappa shape index (κ2) is 6.95. The van der Waals surface area contributed by atoms with E-state index in [4.69, 9.17) is 5.73 Å². The minimum Gasteiger partial charge on any atom is -0.393 e. The Bertz CT molecular complexity index is 799. The summed E-state index contributed by atoms with van der Waals surface area (Å²) in [5.74, 6) is 1.60. The summed E-state index contributed by atoms with van der Waals surface area (Å²) in [6.45, 7) is 4.34.